The average molecular weight is 246 g/mol. The van der Waals surface area contributed by atoms with E-state index in [1.165, 1.54) is 0 Å². The van der Waals surface area contributed by atoms with Gasteiger partial charge in [0.2, 0.25) is 0 Å². The highest BCUT2D eigenvalue weighted by atomic mass is 35.5. The Morgan fingerprint density at radius 2 is 1.93 bits per heavy atom. The second kappa shape index (κ2) is 4.86. The molecule has 0 aliphatic rings. The molecule has 1 rings (SSSR count). The Bertz CT molecular complexity index is 388. The molecule has 1 N–H and O–H groups in total. The predicted octanol–water partition coefficient (Wildman–Crippen LogP) is 3.44. The first-order valence-corrected chi connectivity index (χ1v) is 5.44. The highest BCUT2D eigenvalue weighted by molar-refractivity contribution is 6.35. The number of benzene rings is 1. The summed E-state index contributed by atoms with van der Waals surface area (Å²) in [6.07, 6.45) is 0. The number of nitrogens with one attached hydrogen (secondary N) is 1. The molecule has 82 valence electrons. The minimum atomic E-state index is -0.146. The molecule has 1 amide bonds. The van der Waals surface area contributed by atoms with Gasteiger partial charge in [0.1, 0.15) is 0 Å². The van der Waals surface area contributed by atoms with E-state index in [1.807, 2.05) is 13.8 Å². The van der Waals surface area contributed by atoms with Crippen molar-refractivity contribution < 1.29 is 4.79 Å². The monoisotopic (exact) mass is 245 g/mol. The molecule has 2 nitrogen and oxygen atoms in total. The molecule has 0 aromatic heterocycles. The van der Waals surface area contributed by atoms with Crippen LogP contribution in [0, 0.1) is 6.92 Å². The summed E-state index contributed by atoms with van der Waals surface area (Å²) in [7, 11) is 0. The molecule has 0 spiro atoms. The molecule has 0 aliphatic carbocycles. The number of halogens is 2. The van der Waals surface area contributed by atoms with E-state index in [0.717, 1.165) is 5.56 Å². The molecule has 0 fully saturated rings. The van der Waals surface area contributed by atoms with Crippen molar-refractivity contribution in [3.8, 4) is 0 Å². The lowest BCUT2D eigenvalue weighted by Gasteiger charge is -2.11. The molecule has 0 heterocycles. The van der Waals surface area contributed by atoms with Gasteiger partial charge in [-0.25, -0.2) is 0 Å². The molecule has 0 saturated carbocycles. The van der Waals surface area contributed by atoms with E-state index >= 15 is 0 Å². The van der Waals surface area contributed by atoms with Crippen LogP contribution in [0.3, 0.4) is 0 Å². The molecule has 0 unspecified atom stereocenters. The normalized spacial score (nSPS) is 10.5. The van der Waals surface area contributed by atoms with Gasteiger partial charge in [0, 0.05) is 21.7 Å². The van der Waals surface area contributed by atoms with Gasteiger partial charge in [0.25, 0.3) is 5.91 Å². The Morgan fingerprint density at radius 1 is 1.33 bits per heavy atom. The average Bonchev–Trinajstić information content (AvgIpc) is 2.09. The highest BCUT2D eigenvalue weighted by Gasteiger charge is 2.13. The molecule has 15 heavy (non-hydrogen) atoms. The van der Waals surface area contributed by atoms with E-state index < -0.39 is 0 Å². The molecule has 1 aromatic carbocycles. The predicted molar refractivity (Wildman–Crippen MR) is 63.8 cm³/mol. The van der Waals surface area contributed by atoms with Crippen LogP contribution in [-0.4, -0.2) is 11.9 Å². The van der Waals surface area contributed by atoms with Crippen LogP contribution >= 0.6 is 23.2 Å². The van der Waals surface area contributed by atoms with Crippen LogP contribution in [-0.2, 0) is 0 Å². The summed E-state index contributed by atoms with van der Waals surface area (Å²) in [5.41, 5.74) is 1.28. The van der Waals surface area contributed by atoms with Gasteiger partial charge in [0.05, 0.1) is 0 Å². The summed E-state index contributed by atoms with van der Waals surface area (Å²) in [6, 6.07) is 3.35. The van der Waals surface area contributed by atoms with Crippen LogP contribution in [0.15, 0.2) is 12.1 Å². The second-order valence-electron chi connectivity index (χ2n) is 3.69. The van der Waals surface area contributed by atoms with E-state index in [1.54, 1.807) is 19.1 Å². The standard InChI is InChI=1S/C11H13Cl2NO/c1-6(2)14-11(15)9-4-8(12)5-10(13)7(9)3/h4-6H,1-3H3,(H,14,15). The van der Waals surface area contributed by atoms with E-state index in [4.69, 9.17) is 23.2 Å². The number of carbonyl (C=O) groups excluding carboxylic acids is 1. The zero-order valence-electron chi connectivity index (χ0n) is 8.90. The second-order valence-corrected chi connectivity index (χ2v) is 4.53. The lowest BCUT2D eigenvalue weighted by Crippen LogP contribution is -2.30. The van der Waals surface area contributed by atoms with E-state index in [2.05, 4.69) is 5.32 Å². The van der Waals surface area contributed by atoms with Gasteiger partial charge in [-0.05, 0) is 38.5 Å². The molecule has 0 atom stereocenters. The largest absolute Gasteiger partial charge is 0.350 e. The lowest BCUT2D eigenvalue weighted by molar-refractivity contribution is 0.0942. The first-order valence-electron chi connectivity index (χ1n) is 4.68. The number of rotatable bonds is 2. The van der Waals surface area contributed by atoms with Crippen molar-refractivity contribution in [1.82, 2.24) is 5.32 Å². The summed E-state index contributed by atoms with van der Waals surface area (Å²) >= 11 is 11.8. The molecule has 0 radical (unpaired) electrons. The van der Waals surface area contributed by atoms with Crippen molar-refractivity contribution in [3.05, 3.63) is 33.3 Å². The van der Waals surface area contributed by atoms with E-state index in [0.29, 0.717) is 15.6 Å². The van der Waals surface area contributed by atoms with Gasteiger partial charge in [-0.1, -0.05) is 23.2 Å². The Balaban J connectivity index is 3.08. The fraction of sp³-hybridized carbons (Fsp3) is 0.364. The third-order valence-electron chi connectivity index (χ3n) is 1.97. The molecule has 0 saturated heterocycles. The van der Waals surface area contributed by atoms with E-state index in [9.17, 15) is 4.79 Å². The Morgan fingerprint density at radius 3 is 2.47 bits per heavy atom. The number of amides is 1. The zero-order valence-corrected chi connectivity index (χ0v) is 10.4. The van der Waals surface area contributed by atoms with Gasteiger partial charge < -0.3 is 5.32 Å². The Hall–Kier alpha value is -0.730. The van der Waals surface area contributed by atoms with Crippen molar-refractivity contribution in [2.24, 2.45) is 0 Å². The van der Waals surface area contributed by atoms with Crippen molar-refractivity contribution in [3.63, 3.8) is 0 Å². The highest BCUT2D eigenvalue weighted by Crippen LogP contribution is 2.24. The molecular formula is C11H13Cl2NO. The molecule has 1 aromatic rings. The topological polar surface area (TPSA) is 29.1 Å². The minimum Gasteiger partial charge on any atom is -0.350 e. The van der Waals surface area contributed by atoms with Crippen LogP contribution < -0.4 is 5.32 Å². The molecule has 0 aliphatic heterocycles. The summed E-state index contributed by atoms with van der Waals surface area (Å²) < 4.78 is 0. The van der Waals surface area contributed by atoms with Crippen molar-refractivity contribution in [2.45, 2.75) is 26.8 Å². The molecular weight excluding hydrogens is 233 g/mol. The van der Waals surface area contributed by atoms with Gasteiger partial charge in [0.15, 0.2) is 0 Å². The number of carbonyl (C=O) groups is 1. The fourth-order valence-electron chi connectivity index (χ4n) is 1.22. The van der Waals surface area contributed by atoms with Crippen LogP contribution in [0.4, 0.5) is 0 Å². The Labute approximate surface area is 99.6 Å². The zero-order chi connectivity index (χ0) is 11.6. The van der Waals surface area contributed by atoms with Crippen molar-refractivity contribution in [1.29, 1.82) is 0 Å². The van der Waals surface area contributed by atoms with Crippen LogP contribution in [0.1, 0.15) is 29.8 Å². The van der Waals surface area contributed by atoms with Gasteiger partial charge in [-0.3, -0.25) is 4.79 Å². The van der Waals surface area contributed by atoms with Gasteiger partial charge in [-0.2, -0.15) is 0 Å². The minimum absolute atomic E-state index is 0.0923. The summed E-state index contributed by atoms with van der Waals surface area (Å²) in [5, 5.41) is 3.78. The third kappa shape index (κ3) is 3.11. The van der Waals surface area contributed by atoms with Crippen molar-refractivity contribution in [2.75, 3.05) is 0 Å². The summed E-state index contributed by atoms with van der Waals surface area (Å²) in [6.45, 7) is 5.60. The maximum atomic E-state index is 11.8. The SMILES string of the molecule is Cc1c(Cl)cc(Cl)cc1C(=O)NC(C)C. The van der Waals surface area contributed by atoms with Crippen molar-refractivity contribution >= 4 is 29.1 Å². The lowest BCUT2D eigenvalue weighted by atomic mass is 10.1. The van der Waals surface area contributed by atoms with Crippen LogP contribution in [0.25, 0.3) is 0 Å². The Kier molecular flexibility index (Phi) is 4.00. The molecule has 0 bridgehead atoms. The summed E-state index contributed by atoms with van der Waals surface area (Å²) in [4.78, 5) is 11.8. The fourth-order valence-corrected chi connectivity index (χ4v) is 1.71. The smallest absolute Gasteiger partial charge is 0.251 e. The summed E-state index contributed by atoms with van der Waals surface area (Å²) in [5.74, 6) is -0.146. The third-order valence-corrected chi connectivity index (χ3v) is 2.58. The quantitative estimate of drug-likeness (QED) is 0.850. The molecule has 4 heteroatoms. The van der Waals surface area contributed by atoms with E-state index in [-0.39, 0.29) is 11.9 Å². The van der Waals surface area contributed by atoms with Crippen LogP contribution in [0.5, 0.6) is 0 Å². The number of hydrogen-bond donors (Lipinski definition) is 1. The van der Waals surface area contributed by atoms with Gasteiger partial charge >= 0.3 is 0 Å². The maximum Gasteiger partial charge on any atom is 0.251 e. The number of hydrogen-bond acceptors (Lipinski definition) is 1. The van der Waals surface area contributed by atoms with Crippen LogP contribution in [0.2, 0.25) is 10.0 Å². The first kappa shape index (κ1) is 12.3. The maximum absolute atomic E-state index is 11.8. The van der Waals surface area contributed by atoms with Gasteiger partial charge in [-0.15, -0.1) is 0 Å². The first-order chi connectivity index (χ1) is 6.91.